The first-order valence-electron chi connectivity index (χ1n) is 9.75. The molecule has 0 N–H and O–H groups in total. The first kappa shape index (κ1) is 15.5. The van der Waals surface area contributed by atoms with E-state index in [0.717, 1.165) is 51.2 Å². The molecule has 4 nitrogen and oxygen atoms in total. The molecule has 4 aliphatic rings. The zero-order valence-electron chi connectivity index (χ0n) is 14.3. The van der Waals surface area contributed by atoms with E-state index >= 15 is 0 Å². The minimum absolute atomic E-state index is 0.167. The van der Waals surface area contributed by atoms with Crippen LogP contribution in [-0.2, 0) is 9.59 Å². The molecule has 4 heteroatoms. The molecule has 4 fully saturated rings. The van der Waals surface area contributed by atoms with Gasteiger partial charge in [0.1, 0.15) is 0 Å². The van der Waals surface area contributed by atoms with Crippen molar-refractivity contribution in [3.8, 4) is 0 Å². The second-order valence-corrected chi connectivity index (χ2v) is 8.48. The Kier molecular flexibility index (Phi) is 4.10. The highest BCUT2D eigenvalue weighted by Crippen LogP contribution is 2.40. The average Bonchev–Trinajstić information content (AvgIpc) is 3.10. The van der Waals surface area contributed by atoms with E-state index in [1.54, 1.807) is 0 Å². The number of rotatable bonds is 4. The lowest BCUT2D eigenvalue weighted by atomic mass is 9.84. The molecule has 2 aliphatic heterocycles. The predicted octanol–water partition coefficient (Wildman–Crippen LogP) is 2.96. The molecule has 2 saturated carbocycles. The standard InChI is InChI=1S/C19H30N2O2/c22-17(11-15-5-1-2-6-15)21-10-4-3-9-19(21)12-18(23)20(14-19)13-16-7-8-16/h15-16H,1-14H2. The van der Waals surface area contributed by atoms with Gasteiger partial charge in [-0.2, -0.15) is 0 Å². The molecule has 4 rings (SSSR count). The molecule has 128 valence electrons. The second kappa shape index (κ2) is 6.10. The molecular formula is C19H30N2O2. The molecule has 1 spiro atoms. The molecule has 0 aromatic heterocycles. The number of hydrogen-bond acceptors (Lipinski definition) is 2. The first-order valence-corrected chi connectivity index (χ1v) is 9.75. The van der Waals surface area contributed by atoms with Gasteiger partial charge in [-0.3, -0.25) is 9.59 Å². The van der Waals surface area contributed by atoms with Crippen molar-refractivity contribution in [1.82, 2.24) is 9.80 Å². The van der Waals surface area contributed by atoms with Crippen molar-refractivity contribution in [2.45, 2.75) is 76.2 Å². The van der Waals surface area contributed by atoms with E-state index in [1.165, 1.54) is 38.5 Å². The van der Waals surface area contributed by atoms with Gasteiger partial charge in [0, 0.05) is 26.1 Å². The molecule has 1 unspecified atom stereocenters. The van der Waals surface area contributed by atoms with Crippen LogP contribution in [0.4, 0.5) is 0 Å². The van der Waals surface area contributed by atoms with Gasteiger partial charge in [0.05, 0.1) is 12.0 Å². The lowest BCUT2D eigenvalue weighted by Crippen LogP contribution is -2.56. The van der Waals surface area contributed by atoms with E-state index in [9.17, 15) is 9.59 Å². The molecule has 2 aliphatic carbocycles. The number of amides is 2. The summed E-state index contributed by atoms with van der Waals surface area (Å²) in [5.41, 5.74) is -0.167. The molecule has 1 atom stereocenters. The smallest absolute Gasteiger partial charge is 0.225 e. The maximum absolute atomic E-state index is 13.0. The van der Waals surface area contributed by atoms with Gasteiger partial charge in [-0.05, 0) is 56.8 Å². The number of nitrogens with zero attached hydrogens (tertiary/aromatic N) is 2. The van der Waals surface area contributed by atoms with Crippen molar-refractivity contribution in [3.63, 3.8) is 0 Å². The number of likely N-dealkylation sites (tertiary alicyclic amines) is 2. The maximum Gasteiger partial charge on any atom is 0.225 e. The molecule has 0 bridgehead atoms. The van der Waals surface area contributed by atoms with Crippen LogP contribution in [0.2, 0.25) is 0 Å². The molecule has 0 aromatic carbocycles. The molecule has 23 heavy (non-hydrogen) atoms. The number of carbonyl (C=O) groups excluding carboxylic acids is 2. The topological polar surface area (TPSA) is 40.6 Å². The van der Waals surface area contributed by atoms with Gasteiger partial charge in [-0.1, -0.05) is 12.8 Å². The van der Waals surface area contributed by atoms with E-state index in [0.29, 0.717) is 18.2 Å². The third kappa shape index (κ3) is 3.14. The molecular weight excluding hydrogens is 288 g/mol. The van der Waals surface area contributed by atoms with Crippen LogP contribution in [0.3, 0.4) is 0 Å². The summed E-state index contributed by atoms with van der Waals surface area (Å²) in [6.45, 7) is 2.61. The Morgan fingerprint density at radius 2 is 1.83 bits per heavy atom. The fourth-order valence-corrected chi connectivity index (χ4v) is 5.08. The van der Waals surface area contributed by atoms with Gasteiger partial charge in [0.25, 0.3) is 0 Å². The lowest BCUT2D eigenvalue weighted by molar-refractivity contribution is -0.140. The largest absolute Gasteiger partial charge is 0.340 e. The third-order valence-corrected chi connectivity index (χ3v) is 6.58. The van der Waals surface area contributed by atoms with Crippen molar-refractivity contribution < 1.29 is 9.59 Å². The summed E-state index contributed by atoms with van der Waals surface area (Å²) >= 11 is 0. The van der Waals surface area contributed by atoms with Crippen molar-refractivity contribution in [1.29, 1.82) is 0 Å². The highest BCUT2D eigenvalue weighted by Gasteiger charge is 2.50. The normalized spacial score (nSPS) is 32.3. The summed E-state index contributed by atoms with van der Waals surface area (Å²) < 4.78 is 0. The van der Waals surface area contributed by atoms with Crippen molar-refractivity contribution >= 4 is 11.8 Å². The van der Waals surface area contributed by atoms with Crippen LogP contribution >= 0.6 is 0 Å². The predicted molar refractivity (Wildman–Crippen MR) is 88.8 cm³/mol. The van der Waals surface area contributed by atoms with Crippen molar-refractivity contribution in [2.24, 2.45) is 11.8 Å². The number of piperidine rings is 1. The minimum Gasteiger partial charge on any atom is -0.340 e. The van der Waals surface area contributed by atoms with Crippen molar-refractivity contribution in [3.05, 3.63) is 0 Å². The minimum atomic E-state index is -0.167. The third-order valence-electron chi connectivity index (χ3n) is 6.58. The van der Waals surface area contributed by atoms with Gasteiger partial charge >= 0.3 is 0 Å². The zero-order valence-corrected chi connectivity index (χ0v) is 14.3. The summed E-state index contributed by atoms with van der Waals surface area (Å²) in [6.07, 6.45) is 12.2. The van der Waals surface area contributed by atoms with E-state index in [1.807, 2.05) is 0 Å². The monoisotopic (exact) mass is 318 g/mol. The second-order valence-electron chi connectivity index (χ2n) is 8.48. The number of carbonyl (C=O) groups is 2. The van der Waals surface area contributed by atoms with Gasteiger partial charge in [0.15, 0.2) is 0 Å². The van der Waals surface area contributed by atoms with Gasteiger partial charge < -0.3 is 9.80 Å². The Bertz CT molecular complexity index is 482. The summed E-state index contributed by atoms with van der Waals surface area (Å²) in [4.78, 5) is 29.7. The summed E-state index contributed by atoms with van der Waals surface area (Å²) in [5.74, 6) is 1.96. The van der Waals surface area contributed by atoms with Crippen LogP contribution in [0, 0.1) is 11.8 Å². The van der Waals surface area contributed by atoms with Gasteiger partial charge in [0.2, 0.25) is 11.8 Å². The summed E-state index contributed by atoms with van der Waals surface area (Å²) in [5, 5.41) is 0. The molecule has 2 heterocycles. The maximum atomic E-state index is 13.0. The van der Waals surface area contributed by atoms with E-state index in [4.69, 9.17) is 0 Å². The van der Waals surface area contributed by atoms with E-state index in [2.05, 4.69) is 9.80 Å². The highest BCUT2D eigenvalue weighted by molar-refractivity contribution is 5.84. The molecule has 2 amide bonds. The fourth-order valence-electron chi connectivity index (χ4n) is 5.08. The first-order chi connectivity index (χ1) is 11.2. The van der Waals surface area contributed by atoms with Gasteiger partial charge in [-0.25, -0.2) is 0 Å². The Balaban J connectivity index is 1.45. The van der Waals surface area contributed by atoms with Crippen LogP contribution in [0.25, 0.3) is 0 Å². The number of hydrogen-bond donors (Lipinski definition) is 0. The van der Waals surface area contributed by atoms with Crippen LogP contribution in [-0.4, -0.2) is 46.8 Å². The quantitative estimate of drug-likeness (QED) is 0.799. The van der Waals surface area contributed by atoms with Crippen LogP contribution in [0.1, 0.15) is 70.6 Å². The van der Waals surface area contributed by atoms with E-state index < -0.39 is 0 Å². The van der Waals surface area contributed by atoms with Crippen LogP contribution in [0.5, 0.6) is 0 Å². The Hall–Kier alpha value is -1.06. The zero-order chi connectivity index (χ0) is 15.9. The molecule has 2 saturated heterocycles. The highest BCUT2D eigenvalue weighted by atomic mass is 16.2. The fraction of sp³-hybridized carbons (Fsp3) is 0.895. The van der Waals surface area contributed by atoms with Crippen LogP contribution < -0.4 is 0 Å². The Morgan fingerprint density at radius 1 is 1.04 bits per heavy atom. The van der Waals surface area contributed by atoms with E-state index in [-0.39, 0.29) is 11.4 Å². The molecule has 0 aromatic rings. The van der Waals surface area contributed by atoms with Crippen LogP contribution in [0.15, 0.2) is 0 Å². The summed E-state index contributed by atoms with van der Waals surface area (Å²) in [7, 11) is 0. The lowest BCUT2D eigenvalue weighted by Gasteiger charge is -2.45. The Labute approximate surface area is 139 Å². The Morgan fingerprint density at radius 3 is 2.57 bits per heavy atom. The summed E-state index contributed by atoms with van der Waals surface area (Å²) in [6, 6.07) is 0. The van der Waals surface area contributed by atoms with Crippen molar-refractivity contribution in [2.75, 3.05) is 19.6 Å². The van der Waals surface area contributed by atoms with Gasteiger partial charge in [-0.15, -0.1) is 0 Å². The SMILES string of the molecule is O=C1CC2(CCCCN2C(=O)CC2CCCC2)CN1CC1CC1. The molecule has 0 radical (unpaired) electrons. The average molecular weight is 318 g/mol.